The molecule has 1 unspecified atom stereocenters. The van der Waals surface area contributed by atoms with Gasteiger partial charge < -0.3 is 0 Å². The highest BCUT2D eigenvalue weighted by molar-refractivity contribution is 6.37. The second-order valence-electron chi connectivity index (χ2n) is 8.14. The van der Waals surface area contributed by atoms with Crippen LogP contribution in [-0.4, -0.2) is 35.2 Å². The molecule has 0 spiro atoms. The van der Waals surface area contributed by atoms with E-state index in [1.165, 1.54) is 12.1 Å². The first-order valence-electron chi connectivity index (χ1n) is 10.5. The molecule has 33 heavy (non-hydrogen) atoms. The van der Waals surface area contributed by atoms with Crippen molar-refractivity contribution in [2.45, 2.75) is 23.9 Å². The Labute approximate surface area is 202 Å². The molecule has 0 aromatic heterocycles. The molecule has 1 heterocycles. The average Bonchev–Trinajstić information content (AvgIpc) is 2.80. The standard InChI is InChI=1S/C26H23ClF3NO.ClH/c27-25(13-9-20(10-14-25)19-5-2-1-3-6-19)24(32)18-31-15-11-21(12-16-31)22-7-4-8-23(17-22)26(28,29)30;/h1-11,13,17H,12,14-16,18H2;1H. The Morgan fingerprint density at radius 2 is 1.76 bits per heavy atom. The third-order valence-corrected chi connectivity index (χ3v) is 6.43. The number of alkyl halides is 4. The first-order chi connectivity index (χ1) is 15.2. The Morgan fingerprint density at radius 3 is 2.36 bits per heavy atom. The third kappa shape index (κ3) is 5.97. The van der Waals surface area contributed by atoms with Crippen LogP contribution in [0.4, 0.5) is 13.2 Å². The Morgan fingerprint density at radius 1 is 1.03 bits per heavy atom. The van der Waals surface area contributed by atoms with Crippen LogP contribution < -0.4 is 0 Å². The normalized spacial score (nSPS) is 21.1. The van der Waals surface area contributed by atoms with Crippen LogP contribution in [0.2, 0.25) is 0 Å². The summed E-state index contributed by atoms with van der Waals surface area (Å²) in [5, 5.41) is 0. The van der Waals surface area contributed by atoms with Gasteiger partial charge in [0.15, 0.2) is 5.78 Å². The van der Waals surface area contributed by atoms with Crippen molar-refractivity contribution in [1.29, 1.82) is 0 Å². The lowest BCUT2D eigenvalue weighted by Crippen LogP contribution is -2.42. The molecule has 0 radical (unpaired) electrons. The van der Waals surface area contributed by atoms with E-state index in [4.69, 9.17) is 11.6 Å². The number of hydrogen-bond donors (Lipinski definition) is 0. The number of halogens is 5. The zero-order valence-electron chi connectivity index (χ0n) is 17.8. The van der Waals surface area contributed by atoms with Gasteiger partial charge in [-0.2, -0.15) is 13.2 Å². The zero-order valence-corrected chi connectivity index (χ0v) is 19.4. The molecule has 2 aromatic carbocycles. The molecule has 1 aliphatic carbocycles. The van der Waals surface area contributed by atoms with E-state index in [0.717, 1.165) is 22.8 Å². The van der Waals surface area contributed by atoms with E-state index in [-0.39, 0.29) is 24.7 Å². The highest BCUT2D eigenvalue weighted by Gasteiger charge is 2.35. The monoisotopic (exact) mass is 493 g/mol. The summed E-state index contributed by atoms with van der Waals surface area (Å²) in [6.07, 6.45) is 4.20. The molecule has 1 aliphatic heterocycles. The van der Waals surface area contributed by atoms with E-state index in [9.17, 15) is 18.0 Å². The van der Waals surface area contributed by atoms with Crippen LogP contribution in [0, 0.1) is 0 Å². The van der Waals surface area contributed by atoms with E-state index in [1.807, 2.05) is 53.5 Å². The highest BCUT2D eigenvalue weighted by Crippen LogP contribution is 2.34. The fourth-order valence-electron chi connectivity index (χ4n) is 4.01. The summed E-state index contributed by atoms with van der Waals surface area (Å²) in [6.45, 7) is 1.30. The molecule has 2 aliphatic rings. The summed E-state index contributed by atoms with van der Waals surface area (Å²) in [5.41, 5.74) is 2.92. The molecule has 0 fully saturated rings. The van der Waals surface area contributed by atoms with Crippen molar-refractivity contribution in [1.82, 2.24) is 4.90 Å². The predicted molar refractivity (Wildman–Crippen MR) is 129 cm³/mol. The van der Waals surface area contributed by atoms with Crippen molar-refractivity contribution >= 4 is 40.9 Å². The minimum Gasteiger partial charge on any atom is -0.296 e. The lowest BCUT2D eigenvalue weighted by atomic mass is 9.89. The maximum Gasteiger partial charge on any atom is 0.416 e. The number of carbonyl (C=O) groups is 1. The minimum atomic E-state index is -4.36. The predicted octanol–water partition coefficient (Wildman–Crippen LogP) is 6.81. The van der Waals surface area contributed by atoms with Gasteiger partial charge in [0.2, 0.25) is 0 Å². The topological polar surface area (TPSA) is 20.3 Å². The van der Waals surface area contributed by atoms with Gasteiger partial charge in [0.1, 0.15) is 4.87 Å². The fraction of sp³-hybridized carbons (Fsp3) is 0.269. The highest BCUT2D eigenvalue weighted by atomic mass is 35.5. The number of allylic oxidation sites excluding steroid dienone is 4. The Bertz CT molecular complexity index is 1090. The summed E-state index contributed by atoms with van der Waals surface area (Å²) < 4.78 is 39.0. The van der Waals surface area contributed by atoms with Crippen molar-refractivity contribution in [2.24, 2.45) is 0 Å². The second kappa shape index (κ2) is 10.3. The number of nitrogens with zero attached hydrogens (tertiary/aromatic N) is 1. The maximum atomic E-state index is 13.0. The molecule has 7 heteroatoms. The number of rotatable bonds is 5. The molecule has 1 atom stereocenters. The van der Waals surface area contributed by atoms with Crippen LogP contribution >= 0.6 is 24.0 Å². The molecule has 2 nitrogen and oxygen atoms in total. The molecule has 4 rings (SSSR count). The molecular weight excluding hydrogens is 470 g/mol. The average molecular weight is 494 g/mol. The Balaban J connectivity index is 0.00000306. The molecule has 0 saturated heterocycles. The molecule has 2 aromatic rings. The fourth-order valence-corrected chi connectivity index (χ4v) is 4.21. The second-order valence-corrected chi connectivity index (χ2v) is 8.82. The van der Waals surface area contributed by atoms with Crippen LogP contribution in [0.3, 0.4) is 0 Å². The van der Waals surface area contributed by atoms with Gasteiger partial charge in [-0.25, -0.2) is 0 Å². The quantitative estimate of drug-likeness (QED) is 0.426. The van der Waals surface area contributed by atoms with Crippen LogP contribution in [0.25, 0.3) is 11.1 Å². The van der Waals surface area contributed by atoms with Gasteiger partial charge in [-0.3, -0.25) is 9.69 Å². The first-order valence-corrected chi connectivity index (χ1v) is 10.9. The number of hydrogen-bond acceptors (Lipinski definition) is 2. The first kappa shape index (κ1) is 25.3. The molecule has 0 amide bonds. The van der Waals surface area contributed by atoms with Crippen molar-refractivity contribution < 1.29 is 18.0 Å². The van der Waals surface area contributed by atoms with Crippen molar-refractivity contribution in [3.63, 3.8) is 0 Å². The van der Waals surface area contributed by atoms with Gasteiger partial charge in [-0.15, -0.1) is 24.0 Å². The third-order valence-electron chi connectivity index (χ3n) is 5.94. The summed E-state index contributed by atoms with van der Waals surface area (Å²) in [7, 11) is 0. The van der Waals surface area contributed by atoms with Gasteiger partial charge in [0.05, 0.1) is 12.1 Å². The maximum absolute atomic E-state index is 13.0. The summed E-state index contributed by atoms with van der Waals surface area (Å²) in [4.78, 5) is 13.9. The van der Waals surface area contributed by atoms with Crippen molar-refractivity contribution in [3.8, 4) is 0 Å². The summed E-state index contributed by atoms with van der Waals surface area (Å²) >= 11 is 6.65. The smallest absolute Gasteiger partial charge is 0.296 e. The van der Waals surface area contributed by atoms with Crippen LogP contribution in [0.5, 0.6) is 0 Å². The van der Waals surface area contributed by atoms with Gasteiger partial charge in [-0.05, 0) is 47.2 Å². The largest absolute Gasteiger partial charge is 0.416 e. The van der Waals surface area contributed by atoms with Crippen molar-refractivity contribution in [2.75, 3.05) is 19.6 Å². The van der Waals surface area contributed by atoms with Crippen molar-refractivity contribution in [3.05, 3.63) is 95.6 Å². The van der Waals surface area contributed by atoms with Crippen LogP contribution in [0.1, 0.15) is 29.5 Å². The van der Waals surface area contributed by atoms with Gasteiger partial charge >= 0.3 is 6.18 Å². The summed E-state index contributed by atoms with van der Waals surface area (Å²) in [5.74, 6) is -0.0744. The lowest BCUT2D eigenvalue weighted by molar-refractivity contribution is -0.137. The molecule has 174 valence electrons. The number of carbonyl (C=O) groups excluding carboxylic acids is 1. The van der Waals surface area contributed by atoms with E-state index in [1.54, 1.807) is 12.1 Å². The molecule has 0 bridgehead atoms. The molecule has 0 N–H and O–H groups in total. The van der Waals surface area contributed by atoms with E-state index < -0.39 is 16.6 Å². The van der Waals surface area contributed by atoms with Gasteiger partial charge in [0, 0.05) is 13.1 Å². The zero-order chi connectivity index (χ0) is 22.8. The summed E-state index contributed by atoms with van der Waals surface area (Å²) in [6, 6.07) is 15.3. The Kier molecular flexibility index (Phi) is 7.88. The van der Waals surface area contributed by atoms with Crippen LogP contribution in [0.15, 0.2) is 78.9 Å². The molecular formula is C26H24Cl2F3NO. The van der Waals surface area contributed by atoms with Gasteiger partial charge in [-0.1, -0.05) is 66.8 Å². The van der Waals surface area contributed by atoms with Gasteiger partial charge in [0.25, 0.3) is 0 Å². The number of Topliss-reactive ketones (excluding diaryl/α,β-unsaturated/α-hetero) is 1. The lowest BCUT2D eigenvalue weighted by Gasteiger charge is -2.30. The Hall–Kier alpha value is -2.34. The van der Waals surface area contributed by atoms with E-state index >= 15 is 0 Å². The molecule has 0 saturated carbocycles. The SMILES string of the molecule is Cl.O=C(CN1CC=C(c2cccc(C(F)(F)F)c2)CC1)C1(Cl)C=CC(c2ccccc2)=CC1. The minimum absolute atomic E-state index is 0. The van der Waals surface area contributed by atoms with Crippen LogP contribution in [-0.2, 0) is 11.0 Å². The van der Waals surface area contributed by atoms with E-state index in [2.05, 4.69) is 0 Å². The number of ketones is 1. The number of benzene rings is 2. The van der Waals surface area contributed by atoms with E-state index in [0.29, 0.717) is 31.5 Å².